The molecule has 0 aromatic heterocycles. The average molecular weight is 459 g/mol. The Bertz CT molecular complexity index is 910. The lowest BCUT2D eigenvalue weighted by atomic mass is 9.86. The summed E-state index contributed by atoms with van der Waals surface area (Å²) in [7, 11) is 0. The minimum atomic E-state index is -0.446. The number of rotatable bonds is 3. The molecule has 29 heavy (non-hydrogen) atoms. The van der Waals surface area contributed by atoms with Crippen molar-refractivity contribution in [2.75, 3.05) is 11.9 Å². The molecular formula is C23H24BrFN2O2. The molecule has 4 nitrogen and oxygen atoms in total. The first-order chi connectivity index (χ1) is 14.0. The van der Waals surface area contributed by atoms with E-state index >= 15 is 0 Å². The van der Waals surface area contributed by atoms with Crippen LogP contribution in [0.3, 0.4) is 0 Å². The molecule has 1 N–H and O–H groups in total. The highest BCUT2D eigenvalue weighted by Gasteiger charge is 2.34. The second-order valence-electron chi connectivity index (χ2n) is 7.96. The van der Waals surface area contributed by atoms with Crippen LogP contribution in [0.4, 0.5) is 10.1 Å². The van der Waals surface area contributed by atoms with Crippen LogP contribution in [-0.4, -0.2) is 23.3 Å². The van der Waals surface area contributed by atoms with Gasteiger partial charge in [-0.25, -0.2) is 4.39 Å². The maximum Gasteiger partial charge on any atom is 0.244 e. The number of nitrogens with one attached hydrogen (secondary N) is 1. The van der Waals surface area contributed by atoms with E-state index < -0.39 is 6.04 Å². The largest absolute Gasteiger partial charge is 0.324 e. The SMILES string of the molecule is O=C1CN(C(=O)CC2CCCCC2)[C@H](c2ccc(F)cc2)c2cc(Br)ccc2N1. The lowest BCUT2D eigenvalue weighted by Crippen LogP contribution is -2.39. The third-order valence-electron chi connectivity index (χ3n) is 5.90. The lowest BCUT2D eigenvalue weighted by molar-refractivity contribution is -0.137. The smallest absolute Gasteiger partial charge is 0.244 e. The van der Waals surface area contributed by atoms with Crippen molar-refractivity contribution in [2.24, 2.45) is 5.92 Å². The van der Waals surface area contributed by atoms with Crippen molar-refractivity contribution in [1.29, 1.82) is 0 Å². The maximum atomic E-state index is 13.6. The van der Waals surface area contributed by atoms with Crippen molar-refractivity contribution in [3.05, 3.63) is 63.9 Å². The minimum absolute atomic E-state index is 0.0140. The monoisotopic (exact) mass is 458 g/mol. The summed E-state index contributed by atoms with van der Waals surface area (Å²) in [5.74, 6) is -0.186. The highest BCUT2D eigenvalue weighted by molar-refractivity contribution is 9.10. The first kappa shape index (κ1) is 20.1. The molecule has 6 heteroatoms. The van der Waals surface area contributed by atoms with Crippen LogP contribution in [-0.2, 0) is 9.59 Å². The molecule has 1 saturated carbocycles. The van der Waals surface area contributed by atoms with Gasteiger partial charge in [-0.15, -0.1) is 0 Å². The van der Waals surface area contributed by atoms with Crippen LogP contribution in [0.25, 0.3) is 0 Å². The van der Waals surface area contributed by atoms with E-state index in [1.165, 1.54) is 18.6 Å². The van der Waals surface area contributed by atoms with Crippen molar-refractivity contribution >= 4 is 33.4 Å². The molecule has 1 atom stereocenters. The van der Waals surface area contributed by atoms with E-state index in [1.807, 2.05) is 18.2 Å². The number of hydrogen-bond donors (Lipinski definition) is 1. The summed E-state index contributed by atoms with van der Waals surface area (Å²) in [6.45, 7) is -0.0140. The molecule has 152 valence electrons. The highest BCUT2D eigenvalue weighted by atomic mass is 79.9. The number of carbonyl (C=O) groups excluding carboxylic acids is 2. The van der Waals surface area contributed by atoms with Gasteiger partial charge in [0.2, 0.25) is 11.8 Å². The van der Waals surface area contributed by atoms with Crippen molar-refractivity contribution in [2.45, 2.75) is 44.6 Å². The van der Waals surface area contributed by atoms with Gasteiger partial charge in [0.15, 0.2) is 0 Å². The van der Waals surface area contributed by atoms with Crippen molar-refractivity contribution in [3.63, 3.8) is 0 Å². The van der Waals surface area contributed by atoms with Gasteiger partial charge in [0.05, 0.1) is 6.04 Å². The first-order valence-electron chi connectivity index (χ1n) is 10.2. The van der Waals surface area contributed by atoms with Gasteiger partial charge in [-0.3, -0.25) is 9.59 Å². The fourth-order valence-electron chi connectivity index (χ4n) is 4.47. The second-order valence-corrected chi connectivity index (χ2v) is 8.88. The summed E-state index contributed by atoms with van der Waals surface area (Å²) in [6.07, 6.45) is 6.14. The number of nitrogens with zero attached hydrogens (tertiary/aromatic N) is 1. The Kier molecular flexibility index (Phi) is 5.99. The van der Waals surface area contributed by atoms with E-state index in [4.69, 9.17) is 0 Å². The van der Waals surface area contributed by atoms with E-state index in [9.17, 15) is 14.0 Å². The molecule has 2 aromatic rings. The number of hydrogen-bond acceptors (Lipinski definition) is 2. The maximum absolute atomic E-state index is 13.6. The molecule has 1 heterocycles. The van der Waals surface area contributed by atoms with Gasteiger partial charge in [0.25, 0.3) is 0 Å². The molecule has 1 aliphatic carbocycles. The van der Waals surface area contributed by atoms with Gasteiger partial charge in [0.1, 0.15) is 12.4 Å². The van der Waals surface area contributed by atoms with E-state index in [-0.39, 0.29) is 24.2 Å². The number of anilines is 1. The number of benzene rings is 2. The molecule has 2 aliphatic rings. The number of amides is 2. The Morgan fingerprint density at radius 1 is 1.10 bits per heavy atom. The average Bonchev–Trinajstić information content (AvgIpc) is 2.85. The number of carbonyl (C=O) groups is 2. The Morgan fingerprint density at radius 2 is 1.83 bits per heavy atom. The predicted molar refractivity (Wildman–Crippen MR) is 114 cm³/mol. The topological polar surface area (TPSA) is 49.4 Å². The Labute approximate surface area is 178 Å². The molecular weight excluding hydrogens is 435 g/mol. The van der Waals surface area contributed by atoms with Gasteiger partial charge < -0.3 is 10.2 Å². The zero-order valence-corrected chi connectivity index (χ0v) is 17.8. The summed E-state index contributed by atoms with van der Waals surface area (Å²) in [4.78, 5) is 27.6. The normalized spacial score (nSPS) is 20.0. The molecule has 0 unspecified atom stereocenters. The van der Waals surface area contributed by atoms with Crippen molar-refractivity contribution in [1.82, 2.24) is 4.90 Å². The predicted octanol–water partition coefficient (Wildman–Crippen LogP) is 5.43. The van der Waals surface area contributed by atoms with E-state index in [0.717, 1.165) is 41.3 Å². The Morgan fingerprint density at radius 3 is 2.55 bits per heavy atom. The summed E-state index contributed by atoms with van der Waals surface area (Å²) in [5.41, 5.74) is 2.30. The molecule has 0 radical (unpaired) electrons. The summed E-state index contributed by atoms with van der Waals surface area (Å²) >= 11 is 3.50. The molecule has 4 rings (SSSR count). The van der Waals surface area contributed by atoms with Crippen LogP contribution in [0, 0.1) is 11.7 Å². The third kappa shape index (κ3) is 4.53. The van der Waals surface area contributed by atoms with Crippen LogP contribution >= 0.6 is 15.9 Å². The quantitative estimate of drug-likeness (QED) is 0.666. The van der Waals surface area contributed by atoms with E-state index in [0.29, 0.717) is 18.0 Å². The zero-order valence-electron chi connectivity index (χ0n) is 16.2. The van der Waals surface area contributed by atoms with Crippen LogP contribution in [0.15, 0.2) is 46.9 Å². The fourth-order valence-corrected chi connectivity index (χ4v) is 4.85. The number of halogens is 2. The standard InChI is InChI=1S/C23H24BrFN2O2/c24-17-8-11-20-19(13-17)23(16-6-9-18(25)10-7-16)27(14-21(28)26-20)22(29)12-15-4-2-1-3-5-15/h6-11,13,15,23H,1-5,12,14H2,(H,26,28)/t23-/m1/s1. The molecule has 2 aromatic carbocycles. The van der Waals surface area contributed by atoms with Crippen LogP contribution in [0.5, 0.6) is 0 Å². The van der Waals surface area contributed by atoms with E-state index in [2.05, 4.69) is 21.2 Å². The van der Waals surface area contributed by atoms with Crippen LogP contribution in [0.2, 0.25) is 0 Å². The summed E-state index contributed by atoms with van der Waals surface area (Å²) < 4.78 is 14.4. The molecule has 0 saturated heterocycles. The van der Waals surface area contributed by atoms with Gasteiger partial charge >= 0.3 is 0 Å². The molecule has 2 amide bonds. The van der Waals surface area contributed by atoms with E-state index in [1.54, 1.807) is 17.0 Å². The number of fused-ring (bicyclic) bond motifs is 1. The Balaban J connectivity index is 1.74. The van der Waals surface area contributed by atoms with Crippen molar-refractivity contribution in [3.8, 4) is 0 Å². The molecule has 0 spiro atoms. The van der Waals surface area contributed by atoms with Crippen LogP contribution in [0.1, 0.15) is 55.7 Å². The van der Waals surface area contributed by atoms with Crippen molar-refractivity contribution < 1.29 is 14.0 Å². The van der Waals surface area contributed by atoms with Gasteiger partial charge in [0, 0.05) is 22.1 Å². The van der Waals surface area contributed by atoms with Crippen LogP contribution < -0.4 is 5.32 Å². The van der Waals surface area contributed by atoms with Gasteiger partial charge in [-0.1, -0.05) is 47.3 Å². The molecule has 1 aliphatic heterocycles. The fraction of sp³-hybridized carbons (Fsp3) is 0.391. The van der Waals surface area contributed by atoms with Gasteiger partial charge in [-0.05, 0) is 54.7 Å². The van der Waals surface area contributed by atoms with Gasteiger partial charge in [-0.2, -0.15) is 0 Å². The summed E-state index contributed by atoms with van der Waals surface area (Å²) in [6, 6.07) is 11.4. The first-order valence-corrected chi connectivity index (χ1v) is 10.9. The zero-order chi connectivity index (χ0) is 20.4. The highest BCUT2D eigenvalue weighted by Crippen LogP contribution is 2.38. The minimum Gasteiger partial charge on any atom is -0.324 e. The Hall–Kier alpha value is -2.21. The molecule has 0 bridgehead atoms. The molecule has 1 fully saturated rings. The second kappa shape index (κ2) is 8.66. The third-order valence-corrected chi connectivity index (χ3v) is 6.40. The summed E-state index contributed by atoms with van der Waals surface area (Å²) in [5, 5.41) is 2.92. The lowest BCUT2D eigenvalue weighted by Gasteiger charge is -2.32.